The van der Waals surface area contributed by atoms with Crippen molar-refractivity contribution in [3.8, 4) is 0 Å². The van der Waals surface area contributed by atoms with Crippen molar-refractivity contribution < 1.29 is 19.8 Å². The summed E-state index contributed by atoms with van der Waals surface area (Å²) in [5.41, 5.74) is 5.64. The Balaban J connectivity index is 0.000000416. The number of aliphatic hydroxyl groups excluding tert-OH is 2. The van der Waals surface area contributed by atoms with Crippen molar-refractivity contribution in [3.05, 3.63) is 28.4 Å². The lowest BCUT2D eigenvalue weighted by molar-refractivity contribution is -0.119. The van der Waals surface area contributed by atoms with Crippen molar-refractivity contribution in [2.45, 2.75) is 37.6 Å². The summed E-state index contributed by atoms with van der Waals surface area (Å²) in [4.78, 5) is 24.7. The number of nitrogens with one attached hydrogen (secondary N) is 2. The van der Waals surface area contributed by atoms with E-state index in [1.54, 1.807) is 6.07 Å². The molecule has 1 aliphatic rings. The Kier molecular flexibility index (Phi) is 16.5. The van der Waals surface area contributed by atoms with Crippen molar-refractivity contribution in [2.24, 2.45) is 0 Å². The summed E-state index contributed by atoms with van der Waals surface area (Å²) in [7, 11) is 0. The van der Waals surface area contributed by atoms with E-state index in [1.165, 1.54) is 34.9 Å². The molecule has 1 fully saturated rings. The molecule has 0 radical (unpaired) electrons. The number of hydrogen-bond acceptors (Lipinski definition) is 8. The monoisotopic (exact) mass is 462 g/mol. The zero-order valence-electron chi connectivity index (χ0n) is 16.7. The Morgan fingerprint density at radius 3 is 2.14 bits per heavy atom. The first kappa shape index (κ1) is 27.5. The molecular weight excluding hydrogens is 432 g/mol. The van der Waals surface area contributed by atoms with E-state index in [1.807, 2.05) is 19.2 Å². The highest BCUT2D eigenvalue weighted by Gasteiger charge is 2.17. The molecule has 11 heteroatoms. The minimum absolute atomic E-state index is 0.0417. The van der Waals surface area contributed by atoms with E-state index in [4.69, 9.17) is 22.5 Å². The highest BCUT2D eigenvalue weighted by molar-refractivity contribution is 8.06. The van der Waals surface area contributed by atoms with Gasteiger partial charge in [-0.3, -0.25) is 9.59 Å². The summed E-state index contributed by atoms with van der Waals surface area (Å²) < 4.78 is 0. The predicted molar refractivity (Wildman–Crippen MR) is 123 cm³/mol. The van der Waals surface area contributed by atoms with Crippen LogP contribution in [0.5, 0.6) is 0 Å². The third kappa shape index (κ3) is 14.2. The van der Waals surface area contributed by atoms with Gasteiger partial charge in [-0.25, -0.2) is 6.57 Å². The fourth-order valence-electron chi connectivity index (χ4n) is 1.72. The van der Waals surface area contributed by atoms with Gasteiger partial charge >= 0.3 is 0 Å². The van der Waals surface area contributed by atoms with Crippen LogP contribution in [0.15, 0.2) is 11.4 Å². The van der Waals surface area contributed by atoms with Crippen LogP contribution in [0.1, 0.15) is 37.0 Å². The molecule has 2 heterocycles. The fourth-order valence-corrected chi connectivity index (χ4v) is 4.37. The van der Waals surface area contributed by atoms with Crippen LogP contribution in [0.2, 0.25) is 0 Å². The van der Waals surface area contributed by atoms with Crippen LogP contribution in [0.25, 0.3) is 4.85 Å². The summed E-state index contributed by atoms with van der Waals surface area (Å²) in [5.74, 6) is 1.07. The maximum Gasteiger partial charge on any atom is 0.300 e. The van der Waals surface area contributed by atoms with Gasteiger partial charge in [-0.05, 0) is 24.3 Å². The third-order valence-electron chi connectivity index (χ3n) is 3.13. The maximum absolute atomic E-state index is 11.3. The number of amides is 2. The van der Waals surface area contributed by atoms with Gasteiger partial charge in [0.25, 0.3) is 18.4 Å². The van der Waals surface area contributed by atoms with E-state index in [-0.39, 0.29) is 29.2 Å². The van der Waals surface area contributed by atoms with Gasteiger partial charge in [-0.2, -0.15) is 0 Å². The van der Waals surface area contributed by atoms with E-state index in [2.05, 4.69) is 15.5 Å². The SMILES string of the molecule is CCCNC(=O)c1ccsc1N.OC1CSC(O)CS1.[C-]#[N+]CC(=O)NCCC. The van der Waals surface area contributed by atoms with Gasteiger partial charge in [0.15, 0.2) is 0 Å². The summed E-state index contributed by atoms with van der Waals surface area (Å²) in [5, 5.41) is 25.5. The van der Waals surface area contributed by atoms with E-state index in [0.29, 0.717) is 35.2 Å². The number of thioether (sulfide) groups is 2. The van der Waals surface area contributed by atoms with Crippen LogP contribution in [0.3, 0.4) is 0 Å². The fraction of sp³-hybridized carbons (Fsp3) is 0.611. The Hall–Kier alpha value is -1.45. The summed E-state index contributed by atoms with van der Waals surface area (Å²) in [6, 6.07) is 1.74. The number of carbonyl (C=O) groups is 2. The van der Waals surface area contributed by atoms with Gasteiger partial charge in [0.1, 0.15) is 10.9 Å². The third-order valence-corrected chi connectivity index (χ3v) is 6.42. The average Bonchev–Trinajstić information content (AvgIpc) is 3.14. The number of anilines is 1. The van der Waals surface area contributed by atoms with Gasteiger partial charge in [0.05, 0.1) is 10.6 Å². The van der Waals surface area contributed by atoms with Crippen molar-refractivity contribution in [3.63, 3.8) is 0 Å². The first-order chi connectivity index (χ1) is 13.8. The molecule has 2 unspecified atom stereocenters. The van der Waals surface area contributed by atoms with Crippen LogP contribution >= 0.6 is 34.9 Å². The summed E-state index contributed by atoms with van der Waals surface area (Å²) in [6.07, 6.45) is 1.86. The molecule has 0 aliphatic carbocycles. The van der Waals surface area contributed by atoms with Crippen molar-refractivity contribution in [1.29, 1.82) is 0 Å². The van der Waals surface area contributed by atoms with Crippen LogP contribution in [-0.2, 0) is 4.79 Å². The standard InChI is InChI=1S/C8H12N2OS.C6H10N2O.C4H8O2S2/c1-2-4-10-8(11)6-3-5-12-7(6)9;1-3-4-8-6(9)5-7-2;5-3-1-7-4(6)2-8-3/h3,5H,2,4,9H2,1H3,(H,10,11);3-5H2,1H3,(H,8,9);3-6H,1-2H2. The molecule has 0 bridgehead atoms. The molecule has 2 rings (SSSR count). The molecule has 1 aromatic heterocycles. The zero-order chi connectivity index (χ0) is 22.1. The zero-order valence-corrected chi connectivity index (χ0v) is 19.2. The molecule has 6 N–H and O–H groups in total. The molecule has 8 nitrogen and oxygen atoms in total. The molecular formula is C18H30N4O4S3. The number of rotatable bonds is 6. The number of nitrogen functional groups attached to an aromatic ring is 1. The first-order valence-corrected chi connectivity index (χ1v) is 12.1. The molecule has 29 heavy (non-hydrogen) atoms. The lowest BCUT2D eigenvalue weighted by Gasteiger charge is -2.19. The topological polar surface area (TPSA) is 129 Å². The largest absolute Gasteiger partial charge is 0.390 e. The van der Waals surface area contributed by atoms with E-state index < -0.39 is 0 Å². The van der Waals surface area contributed by atoms with Gasteiger partial charge in [0.2, 0.25) is 0 Å². The molecule has 1 aromatic rings. The van der Waals surface area contributed by atoms with Gasteiger partial charge in [-0.1, -0.05) is 13.8 Å². The predicted octanol–water partition coefficient (Wildman–Crippen LogP) is 2.01. The Labute approximate surface area is 184 Å². The molecule has 0 spiro atoms. The number of carbonyl (C=O) groups excluding carboxylic acids is 2. The van der Waals surface area contributed by atoms with Crippen molar-refractivity contribution >= 4 is 51.7 Å². The van der Waals surface area contributed by atoms with Crippen LogP contribution in [-0.4, -0.2) is 64.0 Å². The van der Waals surface area contributed by atoms with Crippen molar-refractivity contribution in [2.75, 3.05) is 36.9 Å². The van der Waals surface area contributed by atoms with E-state index >= 15 is 0 Å². The van der Waals surface area contributed by atoms with E-state index in [9.17, 15) is 9.59 Å². The normalized spacial score (nSPS) is 17.5. The molecule has 2 atom stereocenters. The Morgan fingerprint density at radius 2 is 1.72 bits per heavy atom. The van der Waals surface area contributed by atoms with E-state index in [0.717, 1.165) is 12.8 Å². The number of nitrogens with two attached hydrogens (primary N) is 1. The van der Waals surface area contributed by atoms with Gasteiger partial charge in [0, 0.05) is 24.6 Å². The summed E-state index contributed by atoms with van der Waals surface area (Å²) in [6.45, 7) is 11.7. The molecule has 0 aromatic carbocycles. The number of nitrogens with zero attached hydrogens (tertiary/aromatic N) is 1. The number of aliphatic hydroxyl groups is 2. The number of thiophene rings is 1. The lowest BCUT2D eigenvalue weighted by atomic mass is 10.3. The van der Waals surface area contributed by atoms with Crippen LogP contribution < -0.4 is 16.4 Å². The Morgan fingerprint density at radius 1 is 1.17 bits per heavy atom. The van der Waals surface area contributed by atoms with Crippen molar-refractivity contribution in [1.82, 2.24) is 10.6 Å². The number of hydrogen-bond donors (Lipinski definition) is 5. The minimum atomic E-state index is -0.261. The van der Waals surface area contributed by atoms with Crippen LogP contribution in [0, 0.1) is 6.57 Å². The molecule has 1 saturated heterocycles. The second-order valence-electron chi connectivity index (χ2n) is 5.70. The van der Waals surface area contributed by atoms with Gasteiger partial charge < -0.3 is 31.4 Å². The molecule has 2 amide bonds. The second kappa shape index (κ2) is 17.4. The second-order valence-corrected chi connectivity index (χ2v) is 9.07. The smallest absolute Gasteiger partial charge is 0.300 e. The molecule has 1 aliphatic heterocycles. The van der Waals surface area contributed by atoms with Gasteiger partial charge in [-0.15, -0.1) is 34.9 Å². The maximum atomic E-state index is 11.3. The minimum Gasteiger partial charge on any atom is -0.390 e. The highest BCUT2D eigenvalue weighted by Crippen LogP contribution is 2.26. The first-order valence-electron chi connectivity index (χ1n) is 9.16. The van der Waals surface area contributed by atoms with Crippen LogP contribution in [0.4, 0.5) is 5.00 Å². The summed E-state index contributed by atoms with van der Waals surface area (Å²) >= 11 is 4.20. The lowest BCUT2D eigenvalue weighted by Crippen LogP contribution is -2.25. The molecule has 164 valence electrons. The Bertz CT molecular complexity index is 619. The molecule has 0 saturated carbocycles. The quantitative estimate of drug-likeness (QED) is 0.409. The highest BCUT2D eigenvalue weighted by atomic mass is 32.2. The average molecular weight is 463 g/mol.